The van der Waals surface area contributed by atoms with E-state index in [0.29, 0.717) is 12.0 Å². The highest BCUT2D eigenvalue weighted by Crippen LogP contribution is 2.36. The summed E-state index contributed by atoms with van der Waals surface area (Å²) in [4.78, 5) is 4.42. The largest absolute Gasteiger partial charge is 0.493 e. The Hall–Kier alpha value is -1.88. The third kappa shape index (κ3) is 2.65. The van der Waals surface area contributed by atoms with E-state index < -0.39 is 0 Å². The molecule has 0 spiro atoms. The maximum Gasteiger partial charge on any atom is 0.138 e. The van der Waals surface area contributed by atoms with Gasteiger partial charge in [-0.25, -0.2) is 9.67 Å². The number of fused-ring (bicyclic) bond motifs is 1. The van der Waals surface area contributed by atoms with Gasteiger partial charge in [-0.1, -0.05) is 18.2 Å². The minimum absolute atomic E-state index is 0.287. The van der Waals surface area contributed by atoms with Crippen molar-refractivity contribution in [2.24, 2.45) is 0 Å². The van der Waals surface area contributed by atoms with Crippen LogP contribution in [0.5, 0.6) is 5.75 Å². The first-order valence-corrected chi connectivity index (χ1v) is 7.48. The van der Waals surface area contributed by atoms with Crippen LogP contribution in [-0.2, 0) is 6.42 Å². The predicted octanol–water partition coefficient (Wildman–Crippen LogP) is 2.17. The third-order valence-corrected chi connectivity index (χ3v) is 4.13. The highest BCUT2D eigenvalue weighted by Gasteiger charge is 2.31. The fraction of sp³-hybridized carbons (Fsp3) is 0.500. The molecule has 0 bridgehead atoms. The van der Waals surface area contributed by atoms with Crippen molar-refractivity contribution < 1.29 is 4.74 Å². The summed E-state index contributed by atoms with van der Waals surface area (Å²) in [6.45, 7) is 4.97. The Kier molecular flexibility index (Phi) is 3.92. The van der Waals surface area contributed by atoms with Gasteiger partial charge in [-0.3, -0.25) is 0 Å². The number of ether oxygens (including phenoxy) is 1. The molecule has 2 heterocycles. The first-order valence-electron chi connectivity index (χ1n) is 7.48. The molecule has 1 aliphatic rings. The Morgan fingerprint density at radius 3 is 2.95 bits per heavy atom. The first-order chi connectivity index (χ1) is 10.2. The van der Waals surface area contributed by atoms with Crippen LogP contribution in [0.1, 0.15) is 37.2 Å². The van der Waals surface area contributed by atoms with E-state index in [1.54, 1.807) is 6.33 Å². The summed E-state index contributed by atoms with van der Waals surface area (Å²) in [6.07, 6.45) is 2.48. The average Bonchev–Trinajstić information content (AvgIpc) is 3.11. The van der Waals surface area contributed by atoms with E-state index in [4.69, 9.17) is 4.74 Å². The molecule has 1 N–H and O–H groups in total. The molecule has 21 heavy (non-hydrogen) atoms. The molecule has 0 fully saturated rings. The molecule has 1 aliphatic heterocycles. The van der Waals surface area contributed by atoms with Crippen LogP contribution < -0.4 is 10.1 Å². The van der Waals surface area contributed by atoms with Crippen molar-refractivity contribution in [3.05, 3.63) is 42.0 Å². The zero-order chi connectivity index (χ0) is 14.8. The highest BCUT2D eigenvalue weighted by atomic mass is 16.5. The van der Waals surface area contributed by atoms with Gasteiger partial charge in [0.2, 0.25) is 0 Å². The third-order valence-electron chi connectivity index (χ3n) is 4.13. The van der Waals surface area contributed by atoms with E-state index in [0.717, 1.165) is 24.6 Å². The average molecular weight is 286 g/mol. The summed E-state index contributed by atoms with van der Waals surface area (Å²) >= 11 is 0. The van der Waals surface area contributed by atoms with Crippen molar-refractivity contribution in [1.29, 1.82) is 0 Å². The Labute approximate surface area is 125 Å². The van der Waals surface area contributed by atoms with E-state index in [1.165, 1.54) is 5.56 Å². The van der Waals surface area contributed by atoms with Crippen LogP contribution in [-0.4, -0.2) is 34.5 Å². The van der Waals surface area contributed by atoms with Crippen molar-refractivity contribution >= 4 is 0 Å². The van der Waals surface area contributed by atoms with E-state index in [2.05, 4.69) is 41.4 Å². The molecule has 112 valence electrons. The van der Waals surface area contributed by atoms with Gasteiger partial charge in [0.15, 0.2) is 0 Å². The summed E-state index contributed by atoms with van der Waals surface area (Å²) in [6, 6.07) is 8.90. The topological polar surface area (TPSA) is 52.0 Å². The molecule has 5 heteroatoms. The quantitative estimate of drug-likeness (QED) is 0.915. The maximum absolute atomic E-state index is 5.81. The summed E-state index contributed by atoms with van der Waals surface area (Å²) < 4.78 is 7.80. The second-order valence-corrected chi connectivity index (χ2v) is 5.77. The monoisotopic (exact) mass is 286 g/mol. The predicted molar refractivity (Wildman–Crippen MR) is 81.6 cm³/mol. The lowest BCUT2D eigenvalue weighted by Crippen LogP contribution is -2.36. The number of likely N-dealkylation sites (N-methyl/N-ethyl adjacent to an activating group) is 1. The maximum atomic E-state index is 5.81. The zero-order valence-electron chi connectivity index (χ0n) is 12.8. The first kappa shape index (κ1) is 14.1. The molecule has 0 saturated carbocycles. The van der Waals surface area contributed by atoms with Gasteiger partial charge in [-0.15, -0.1) is 0 Å². The Bertz CT molecular complexity index is 608. The van der Waals surface area contributed by atoms with E-state index >= 15 is 0 Å². The molecule has 2 atom stereocenters. The van der Waals surface area contributed by atoms with Gasteiger partial charge in [0.25, 0.3) is 0 Å². The smallest absolute Gasteiger partial charge is 0.138 e. The Balaban J connectivity index is 1.82. The number of benzene rings is 1. The van der Waals surface area contributed by atoms with Crippen LogP contribution in [0.25, 0.3) is 0 Å². The van der Waals surface area contributed by atoms with Gasteiger partial charge in [0.1, 0.15) is 17.9 Å². The molecule has 0 aliphatic carbocycles. The van der Waals surface area contributed by atoms with Gasteiger partial charge in [0.05, 0.1) is 6.61 Å². The van der Waals surface area contributed by atoms with Crippen molar-refractivity contribution in [1.82, 2.24) is 20.1 Å². The number of hydrogen-bond donors (Lipinski definition) is 1. The van der Waals surface area contributed by atoms with Crippen LogP contribution in [0.4, 0.5) is 0 Å². The van der Waals surface area contributed by atoms with Crippen LogP contribution in [0.15, 0.2) is 30.6 Å². The lowest BCUT2D eigenvalue weighted by atomic mass is 9.91. The number of rotatable bonds is 5. The van der Waals surface area contributed by atoms with E-state index in [9.17, 15) is 0 Å². The molecule has 5 nitrogen and oxygen atoms in total. The van der Waals surface area contributed by atoms with Gasteiger partial charge in [-0.2, -0.15) is 5.10 Å². The summed E-state index contributed by atoms with van der Waals surface area (Å²) in [5.41, 5.74) is 1.28. The summed E-state index contributed by atoms with van der Waals surface area (Å²) in [7, 11) is 2.00. The minimum atomic E-state index is 0.287. The standard InChI is InChI=1S/C16H22N4O/c1-11(2)20-16(18-10-19-20)8-14(17-3)13-9-21-15-7-5-4-6-12(13)15/h4-7,10-11,13-14,17H,8-9H2,1-3H3. The van der Waals surface area contributed by atoms with E-state index in [-0.39, 0.29) is 6.04 Å². The number of aromatic nitrogens is 3. The zero-order valence-corrected chi connectivity index (χ0v) is 12.8. The van der Waals surface area contributed by atoms with Crippen LogP contribution in [0, 0.1) is 0 Å². The van der Waals surface area contributed by atoms with E-state index in [1.807, 2.05) is 23.9 Å². The fourth-order valence-corrected chi connectivity index (χ4v) is 3.01. The molecular weight excluding hydrogens is 264 g/mol. The minimum Gasteiger partial charge on any atom is -0.493 e. The van der Waals surface area contributed by atoms with Crippen LogP contribution in [0.2, 0.25) is 0 Å². The number of hydrogen-bond acceptors (Lipinski definition) is 4. The molecule has 3 rings (SSSR count). The second-order valence-electron chi connectivity index (χ2n) is 5.77. The lowest BCUT2D eigenvalue weighted by molar-refractivity contribution is 0.299. The molecule has 1 aromatic heterocycles. The SMILES string of the molecule is CNC(Cc1ncnn1C(C)C)C1COc2ccccc21. The molecular formula is C16H22N4O. The van der Waals surface area contributed by atoms with Crippen molar-refractivity contribution in [3.8, 4) is 5.75 Å². The van der Waals surface area contributed by atoms with Crippen molar-refractivity contribution in [3.63, 3.8) is 0 Å². The molecule has 1 aromatic carbocycles. The highest BCUT2D eigenvalue weighted by molar-refractivity contribution is 5.40. The van der Waals surface area contributed by atoms with Crippen LogP contribution in [0.3, 0.4) is 0 Å². The van der Waals surface area contributed by atoms with Gasteiger partial charge < -0.3 is 10.1 Å². The second kappa shape index (κ2) is 5.85. The summed E-state index contributed by atoms with van der Waals surface area (Å²) in [5.74, 6) is 2.38. The molecule has 0 saturated heterocycles. The van der Waals surface area contributed by atoms with Crippen molar-refractivity contribution in [2.75, 3.05) is 13.7 Å². The fourth-order valence-electron chi connectivity index (χ4n) is 3.01. The van der Waals surface area contributed by atoms with Gasteiger partial charge >= 0.3 is 0 Å². The lowest BCUT2D eigenvalue weighted by Gasteiger charge is -2.22. The summed E-state index contributed by atoms with van der Waals surface area (Å²) in [5, 5.41) is 7.75. The molecule has 0 amide bonds. The van der Waals surface area contributed by atoms with Gasteiger partial charge in [-0.05, 0) is 27.0 Å². The normalized spacial score (nSPS) is 18.6. The van der Waals surface area contributed by atoms with Crippen molar-refractivity contribution in [2.45, 2.75) is 38.3 Å². The van der Waals surface area contributed by atoms with Crippen LogP contribution >= 0.6 is 0 Å². The number of nitrogens with one attached hydrogen (secondary N) is 1. The van der Waals surface area contributed by atoms with Gasteiger partial charge in [0, 0.05) is 30.0 Å². The Morgan fingerprint density at radius 1 is 1.38 bits per heavy atom. The Morgan fingerprint density at radius 2 is 2.19 bits per heavy atom. The molecule has 2 unspecified atom stereocenters. The molecule has 0 radical (unpaired) electrons. The number of para-hydroxylation sites is 1. The molecule has 2 aromatic rings. The number of nitrogens with zero attached hydrogens (tertiary/aromatic N) is 3.